The van der Waals surface area contributed by atoms with E-state index in [1.807, 2.05) is 44.2 Å². The van der Waals surface area contributed by atoms with Crippen LogP contribution in [-0.4, -0.2) is 46.4 Å². The monoisotopic (exact) mass is 484 g/mol. The predicted molar refractivity (Wildman–Crippen MR) is 113 cm³/mol. The number of hydrogen-bond donors (Lipinski definition) is 3. The summed E-state index contributed by atoms with van der Waals surface area (Å²) in [6, 6.07) is 10.1. The van der Waals surface area contributed by atoms with Gasteiger partial charge in [0.15, 0.2) is 5.96 Å². The number of nitrogens with one attached hydrogen (secondary N) is 2. The molecule has 9 heteroatoms. The second-order valence-corrected chi connectivity index (χ2v) is 7.07. The van der Waals surface area contributed by atoms with E-state index in [4.69, 9.17) is 9.88 Å². The zero-order chi connectivity index (χ0) is 17.8. The van der Waals surface area contributed by atoms with Crippen molar-refractivity contribution in [3.8, 4) is 0 Å². The summed E-state index contributed by atoms with van der Waals surface area (Å²) in [5.41, 5.74) is 1.15. The molecule has 1 unspecified atom stereocenters. The van der Waals surface area contributed by atoms with Crippen LogP contribution in [-0.2, 0) is 14.8 Å². The van der Waals surface area contributed by atoms with Crippen molar-refractivity contribution in [2.45, 2.75) is 26.4 Å². The summed E-state index contributed by atoms with van der Waals surface area (Å²) in [5.74, 6) is 0.451. The van der Waals surface area contributed by atoms with Crippen molar-refractivity contribution in [2.24, 2.45) is 10.1 Å². The molecular weight excluding hydrogens is 455 g/mol. The Labute approximate surface area is 167 Å². The molecule has 0 amide bonds. The Balaban J connectivity index is 0.00000576. The number of nitrogens with two attached hydrogens (primary N) is 1. The molecular formula is C16H29IN4O3S. The van der Waals surface area contributed by atoms with Crippen LogP contribution in [0, 0.1) is 0 Å². The molecule has 1 rings (SSSR count). The van der Waals surface area contributed by atoms with Crippen LogP contribution < -0.4 is 15.8 Å². The number of nitrogens with zero attached hydrogens (tertiary/aromatic N) is 1. The number of aliphatic imine (C=N–C) groups is 1. The van der Waals surface area contributed by atoms with Gasteiger partial charge in [0.05, 0.1) is 11.9 Å². The van der Waals surface area contributed by atoms with Crippen molar-refractivity contribution in [3.05, 3.63) is 35.9 Å². The third kappa shape index (κ3) is 12.1. The topological polar surface area (TPSA) is 106 Å². The van der Waals surface area contributed by atoms with Crippen molar-refractivity contribution < 1.29 is 13.2 Å². The molecule has 0 saturated carbocycles. The van der Waals surface area contributed by atoms with Gasteiger partial charge >= 0.3 is 0 Å². The molecule has 0 aromatic heterocycles. The lowest BCUT2D eigenvalue weighted by atomic mass is 10.1. The van der Waals surface area contributed by atoms with Gasteiger partial charge in [-0.1, -0.05) is 30.3 Å². The third-order valence-corrected chi connectivity index (χ3v) is 4.01. The summed E-state index contributed by atoms with van der Waals surface area (Å²) in [6.45, 7) is 6.09. The average molecular weight is 484 g/mol. The number of sulfonamides is 1. The van der Waals surface area contributed by atoms with E-state index in [2.05, 4.69) is 15.6 Å². The molecule has 0 aliphatic carbocycles. The van der Waals surface area contributed by atoms with Crippen LogP contribution in [0.2, 0.25) is 0 Å². The Morgan fingerprint density at radius 3 is 2.56 bits per heavy atom. The summed E-state index contributed by atoms with van der Waals surface area (Å²) in [6.07, 6.45) is 0.833. The van der Waals surface area contributed by atoms with Gasteiger partial charge in [0, 0.05) is 26.2 Å². The molecule has 25 heavy (non-hydrogen) atoms. The van der Waals surface area contributed by atoms with Gasteiger partial charge in [0.1, 0.15) is 0 Å². The van der Waals surface area contributed by atoms with Gasteiger partial charge in [-0.25, -0.2) is 13.6 Å². The predicted octanol–water partition coefficient (Wildman–Crippen LogP) is 1.62. The second-order valence-electron chi connectivity index (χ2n) is 5.33. The van der Waals surface area contributed by atoms with Crippen LogP contribution in [0.3, 0.4) is 0 Å². The first-order chi connectivity index (χ1) is 11.4. The molecule has 0 spiro atoms. The maximum atomic E-state index is 10.9. The van der Waals surface area contributed by atoms with Crippen molar-refractivity contribution in [2.75, 3.05) is 32.0 Å². The van der Waals surface area contributed by atoms with Crippen LogP contribution >= 0.6 is 24.0 Å². The number of ether oxygens (including phenoxy) is 1. The number of guanidine groups is 1. The molecule has 0 aliphatic heterocycles. The third-order valence-electron chi connectivity index (χ3n) is 3.23. The van der Waals surface area contributed by atoms with Crippen LogP contribution in [0.5, 0.6) is 0 Å². The first kappa shape index (κ1) is 24.1. The number of primary sulfonamides is 1. The number of halogens is 1. The maximum absolute atomic E-state index is 10.9. The summed E-state index contributed by atoms with van der Waals surface area (Å²) in [5, 5.41) is 11.0. The van der Waals surface area contributed by atoms with Gasteiger partial charge in [-0.15, -0.1) is 24.0 Å². The maximum Gasteiger partial charge on any atom is 0.210 e. The minimum atomic E-state index is -3.47. The van der Waals surface area contributed by atoms with E-state index < -0.39 is 10.0 Å². The number of benzene rings is 1. The lowest BCUT2D eigenvalue weighted by molar-refractivity contribution is 0.0652. The SMILES string of the molecule is CCNC(=NCCCOC(C)c1ccccc1)NCCS(N)(=O)=O.I. The van der Waals surface area contributed by atoms with Crippen LogP contribution in [0.25, 0.3) is 0 Å². The largest absolute Gasteiger partial charge is 0.374 e. The number of rotatable bonds is 10. The molecule has 0 aliphatic rings. The van der Waals surface area contributed by atoms with E-state index >= 15 is 0 Å². The minimum Gasteiger partial charge on any atom is -0.374 e. The lowest BCUT2D eigenvalue weighted by Gasteiger charge is -2.13. The fraction of sp³-hybridized carbons (Fsp3) is 0.562. The van der Waals surface area contributed by atoms with Gasteiger partial charge in [0.25, 0.3) is 0 Å². The Morgan fingerprint density at radius 1 is 1.28 bits per heavy atom. The van der Waals surface area contributed by atoms with E-state index in [0.717, 1.165) is 12.0 Å². The zero-order valence-corrected chi connectivity index (χ0v) is 17.9. The van der Waals surface area contributed by atoms with Crippen LogP contribution in [0.1, 0.15) is 31.9 Å². The highest BCUT2D eigenvalue weighted by atomic mass is 127. The van der Waals surface area contributed by atoms with E-state index in [-0.39, 0.29) is 42.4 Å². The van der Waals surface area contributed by atoms with Crippen LogP contribution in [0.4, 0.5) is 0 Å². The molecule has 1 atom stereocenters. The first-order valence-corrected chi connectivity index (χ1v) is 9.83. The smallest absolute Gasteiger partial charge is 0.210 e. The Hall–Kier alpha value is -0.910. The normalized spacial score (nSPS) is 13.0. The van der Waals surface area contributed by atoms with Crippen molar-refractivity contribution in [3.63, 3.8) is 0 Å². The quantitative estimate of drug-likeness (QED) is 0.203. The average Bonchev–Trinajstić information content (AvgIpc) is 2.54. The molecule has 144 valence electrons. The summed E-state index contributed by atoms with van der Waals surface area (Å²) < 4.78 is 27.6. The summed E-state index contributed by atoms with van der Waals surface area (Å²) >= 11 is 0. The fourth-order valence-electron chi connectivity index (χ4n) is 1.99. The van der Waals surface area contributed by atoms with Crippen molar-refractivity contribution >= 4 is 40.0 Å². The van der Waals surface area contributed by atoms with E-state index in [9.17, 15) is 8.42 Å². The molecule has 0 saturated heterocycles. The highest BCUT2D eigenvalue weighted by Gasteiger charge is 2.05. The van der Waals surface area contributed by atoms with Gasteiger partial charge in [-0.2, -0.15) is 0 Å². The first-order valence-electron chi connectivity index (χ1n) is 8.11. The number of hydrogen-bond acceptors (Lipinski definition) is 4. The molecule has 0 radical (unpaired) electrons. The standard InChI is InChI=1S/C16H28N4O3S.HI/c1-3-18-16(20-11-13-24(17,21)22)19-10-7-12-23-14(2)15-8-5-4-6-9-15;/h4-6,8-9,14H,3,7,10-13H2,1-2H3,(H2,17,21,22)(H2,18,19,20);1H. The molecule has 1 aromatic rings. The highest BCUT2D eigenvalue weighted by Crippen LogP contribution is 2.15. The van der Waals surface area contributed by atoms with Gasteiger partial charge in [0.2, 0.25) is 10.0 Å². The zero-order valence-electron chi connectivity index (χ0n) is 14.8. The highest BCUT2D eigenvalue weighted by molar-refractivity contribution is 14.0. The summed E-state index contributed by atoms with van der Waals surface area (Å²) in [4.78, 5) is 4.38. The summed E-state index contributed by atoms with van der Waals surface area (Å²) in [7, 11) is -3.47. The lowest BCUT2D eigenvalue weighted by Crippen LogP contribution is -2.40. The van der Waals surface area contributed by atoms with E-state index in [0.29, 0.717) is 25.7 Å². The van der Waals surface area contributed by atoms with Gasteiger partial charge in [-0.3, -0.25) is 4.99 Å². The molecule has 0 heterocycles. The molecule has 1 aromatic carbocycles. The molecule has 0 fully saturated rings. The fourth-order valence-corrected chi connectivity index (χ4v) is 2.38. The van der Waals surface area contributed by atoms with Crippen molar-refractivity contribution in [1.82, 2.24) is 10.6 Å². The van der Waals surface area contributed by atoms with E-state index in [1.54, 1.807) is 0 Å². The molecule has 7 nitrogen and oxygen atoms in total. The molecule has 0 bridgehead atoms. The second kappa shape index (κ2) is 13.3. The molecule has 4 N–H and O–H groups in total. The van der Waals surface area contributed by atoms with Crippen molar-refractivity contribution in [1.29, 1.82) is 0 Å². The van der Waals surface area contributed by atoms with Gasteiger partial charge in [-0.05, 0) is 25.8 Å². The Kier molecular flexibility index (Phi) is 12.8. The van der Waals surface area contributed by atoms with E-state index in [1.165, 1.54) is 0 Å². The Morgan fingerprint density at radius 2 is 1.96 bits per heavy atom. The minimum absolute atomic E-state index is 0. The van der Waals surface area contributed by atoms with Gasteiger partial charge < -0.3 is 15.4 Å². The Bertz CT molecular complexity index is 597. The van der Waals surface area contributed by atoms with Crippen LogP contribution in [0.15, 0.2) is 35.3 Å².